The molecule has 0 radical (unpaired) electrons. The van der Waals surface area contributed by atoms with E-state index in [2.05, 4.69) is 19.2 Å². The van der Waals surface area contributed by atoms with Crippen LogP contribution in [-0.4, -0.2) is 37.8 Å². The van der Waals surface area contributed by atoms with Crippen molar-refractivity contribution in [1.82, 2.24) is 9.62 Å². The smallest absolute Gasteiger partial charge is 0.244 e. The molecule has 0 aliphatic carbocycles. The molecule has 0 bridgehead atoms. The van der Waals surface area contributed by atoms with Gasteiger partial charge in [0.15, 0.2) is 0 Å². The number of benzene rings is 1. The van der Waals surface area contributed by atoms with Gasteiger partial charge in [-0.1, -0.05) is 37.6 Å². The monoisotopic (exact) mass is 372 g/mol. The minimum absolute atomic E-state index is 0.0194. The maximum atomic E-state index is 12.7. The van der Waals surface area contributed by atoms with E-state index in [4.69, 9.17) is 11.6 Å². The van der Waals surface area contributed by atoms with Crippen molar-refractivity contribution >= 4 is 27.5 Å². The molecule has 1 fully saturated rings. The minimum Gasteiger partial charge on any atom is -0.353 e. The molecule has 0 saturated carbocycles. The third kappa shape index (κ3) is 4.29. The first kappa shape index (κ1) is 19.2. The average molecular weight is 373 g/mol. The van der Waals surface area contributed by atoms with Gasteiger partial charge >= 0.3 is 0 Å². The van der Waals surface area contributed by atoms with Crippen molar-refractivity contribution in [3.8, 4) is 0 Å². The number of piperidine rings is 1. The summed E-state index contributed by atoms with van der Waals surface area (Å²) < 4.78 is 26.8. The highest BCUT2D eigenvalue weighted by atomic mass is 35.5. The fourth-order valence-corrected chi connectivity index (χ4v) is 4.62. The lowest BCUT2D eigenvalue weighted by Gasteiger charge is -2.31. The highest BCUT2D eigenvalue weighted by molar-refractivity contribution is 7.89. The Labute approximate surface area is 149 Å². The predicted molar refractivity (Wildman–Crippen MR) is 95.4 cm³/mol. The van der Waals surface area contributed by atoms with Crippen molar-refractivity contribution < 1.29 is 13.2 Å². The molecule has 5 nitrogen and oxygen atoms in total. The molecule has 1 aromatic carbocycles. The van der Waals surface area contributed by atoms with E-state index in [0.717, 1.165) is 0 Å². The molecule has 2 rings (SSSR count). The standard InChI is InChI=1S/C17H25ClN2O3S/c1-12(2)13(3)19-17(21)14-8-10-20(11-9-14)24(22,23)16-7-5-4-6-15(16)18/h4-7,12-14H,8-11H2,1-3H3,(H,19,21)/t13-/m1/s1. The number of sulfonamides is 1. The molecule has 0 aromatic heterocycles. The molecule has 1 aliphatic heterocycles. The molecular formula is C17H25ClN2O3S. The first-order chi connectivity index (χ1) is 11.2. The molecule has 134 valence electrons. The summed E-state index contributed by atoms with van der Waals surface area (Å²) in [5.41, 5.74) is 0. The summed E-state index contributed by atoms with van der Waals surface area (Å²) in [6, 6.07) is 6.56. The van der Waals surface area contributed by atoms with Crippen LogP contribution in [0.4, 0.5) is 0 Å². The van der Waals surface area contributed by atoms with Crippen LogP contribution in [0, 0.1) is 11.8 Å². The third-order valence-corrected chi connectivity index (χ3v) is 7.05. The average Bonchev–Trinajstić information content (AvgIpc) is 2.55. The molecule has 1 saturated heterocycles. The van der Waals surface area contributed by atoms with Gasteiger partial charge in [0, 0.05) is 25.0 Å². The lowest BCUT2D eigenvalue weighted by Crippen LogP contribution is -2.45. The van der Waals surface area contributed by atoms with E-state index >= 15 is 0 Å². The van der Waals surface area contributed by atoms with Crippen LogP contribution in [0.1, 0.15) is 33.6 Å². The zero-order valence-corrected chi connectivity index (χ0v) is 15.9. The van der Waals surface area contributed by atoms with E-state index in [9.17, 15) is 13.2 Å². The van der Waals surface area contributed by atoms with Crippen LogP contribution in [0.5, 0.6) is 0 Å². The normalized spacial score (nSPS) is 18.5. The Kier molecular flexibility index (Phi) is 6.28. The van der Waals surface area contributed by atoms with E-state index in [-0.39, 0.29) is 27.8 Å². The Morgan fingerprint density at radius 3 is 2.33 bits per heavy atom. The summed E-state index contributed by atoms with van der Waals surface area (Å²) in [4.78, 5) is 12.4. The summed E-state index contributed by atoms with van der Waals surface area (Å²) in [5.74, 6) is 0.254. The van der Waals surface area contributed by atoms with Gasteiger partial charge in [-0.25, -0.2) is 8.42 Å². The molecule has 1 amide bonds. The Morgan fingerprint density at radius 2 is 1.79 bits per heavy atom. The number of nitrogens with zero attached hydrogens (tertiary/aromatic N) is 1. The van der Waals surface area contributed by atoms with Gasteiger partial charge in [-0.3, -0.25) is 4.79 Å². The molecule has 24 heavy (non-hydrogen) atoms. The van der Waals surface area contributed by atoms with E-state index in [1.807, 2.05) is 6.92 Å². The van der Waals surface area contributed by atoms with Gasteiger partial charge in [0.25, 0.3) is 0 Å². The van der Waals surface area contributed by atoms with Crippen molar-refractivity contribution in [1.29, 1.82) is 0 Å². The van der Waals surface area contributed by atoms with Gasteiger partial charge in [0.2, 0.25) is 15.9 Å². The molecule has 1 heterocycles. The van der Waals surface area contributed by atoms with Crippen molar-refractivity contribution in [2.24, 2.45) is 11.8 Å². The molecular weight excluding hydrogens is 348 g/mol. The summed E-state index contributed by atoms with van der Waals surface area (Å²) in [5, 5.41) is 3.24. The van der Waals surface area contributed by atoms with E-state index < -0.39 is 10.0 Å². The van der Waals surface area contributed by atoms with Gasteiger partial charge in [0.1, 0.15) is 4.90 Å². The number of nitrogens with one attached hydrogen (secondary N) is 1. The predicted octanol–water partition coefficient (Wildman–Crippen LogP) is 2.90. The first-order valence-corrected chi connectivity index (χ1v) is 10.1. The minimum atomic E-state index is -3.61. The topological polar surface area (TPSA) is 66.5 Å². The van der Waals surface area contributed by atoms with Gasteiger partial charge in [0.05, 0.1) is 5.02 Å². The number of carbonyl (C=O) groups excluding carboxylic acids is 1. The fourth-order valence-electron chi connectivity index (χ4n) is 2.66. The van der Waals surface area contributed by atoms with Gasteiger partial charge in [-0.15, -0.1) is 0 Å². The molecule has 0 spiro atoms. The Bertz CT molecular complexity index is 683. The zero-order chi connectivity index (χ0) is 17.9. The number of amides is 1. The Morgan fingerprint density at radius 1 is 1.21 bits per heavy atom. The van der Waals surface area contributed by atoms with E-state index in [0.29, 0.717) is 31.8 Å². The number of rotatable bonds is 5. The number of carbonyl (C=O) groups is 1. The van der Waals surface area contributed by atoms with E-state index in [1.165, 1.54) is 10.4 Å². The Hall–Kier alpha value is -1.11. The lowest BCUT2D eigenvalue weighted by atomic mass is 9.96. The number of halogens is 1. The van der Waals surface area contributed by atoms with Crippen LogP contribution in [0.15, 0.2) is 29.2 Å². The van der Waals surface area contributed by atoms with Crippen molar-refractivity contribution in [3.63, 3.8) is 0 Å². The maximum absolute atomic E-state index is 12.7. The Balaban J connectivity index is 2.00. The highest BCUT2D eigenvalue weighted by Gasteiger charge is 2.33. The van der Waals surface area contributed by atoms with Gasteiger partial charge in [-0.05, 0) is 37.8 Å². The quantitative estimate of drug-likeness (QED) is 0.864. The second-order valence-electron chi connectivity index (χ2n) is 6.65. The highest BCUT2D eigenvalue weighted by Crippen LogP contribution is 2.28. The molecule has 1 N–H and O–H groups in total. The van der Waals surface area contributed by atoms with Crippen LogP contribution >= 0.6 is 11.6 Å². The summed E-state index contributed by atoms with van der Waals surface area (Å²) >= 11 is 6.02. The molecule has 1 aliphatic rings. The first-order valence-electron chi connectivity index (χ1n) is 8.28. The summed E-state index contributed by atoms with van der Waals surface area (Å²) in [7, 11) is -3.61. The molecule has 1 atom stereocenters. The van der Waals surface area contributed by atoms with Crippen molar-refractivity contribution in [3.05, 3.63) is 29.3 Å². The SMILES string of the molecule is CC(C)[C@@H](C)NC(=O)C1CCN(S(=O)(=O)c2ccccc2Cl)CC1. The second kappa shape index (κ2) is 7.85. The van der Waals surface area contributed by atoms with Crippen LogP contribution < -0.4 is 5.32 Å². The third-order valence-electron chi connectivity index (χ3n) is 4.65. The molecule has 1 aromatic rings. The van der Waals surface area contributed by atoms with E-state index in [1.54, 1.807) is 18.2 Å². The van der Waals surface area contributed by atoms with Crippen molar-refractivity contribution in [2.75, 3.05) is 13.1 Å². The van der Waals surface area contributed by atoms with Crippen LogP contribution in [0.25, 0.3) is 0 Å². The largest absolute Gasteiger partial charge is 0.353 e. The lowest BCUT2D eigenvalue weighted by molar-refractivity contribution is -0.127. The fraction of sp³-hybridized carbons (Fsp3) is 0.588. The zero-order valence-electron chi connectivity index (χ0n) is 14.3. The van der Waals surface area contributed by atoms with Crippen molar-refractivity contribution in [2.45, 2.75) is 44.6 Å². The summed E-state index contributed by atoms with van der Waals surface area (Å²) in [6.07, 6.45) is 1.06. The maximum Gasteiger partial charge on any atom is 0.244 e. The second-order valence-corrected chi connectivity index (χ2v) is 8.96. The number of hydrogen-bond donors (Lipinski definition) is 1. The van der Waals surface area contributed by atoms with Crippen LogP contribution in [0.2, 0.25) is 5.02 Å². The molecule has 0 unspecified atom stereocenters. The number of hydrogen-bond acceptors (Lipinski definition) is 3. The molecule has 7 heteroatoms. The van der Waals surface area contributed by atoms with Gasteiger partial charge in [-0.2, -0.15) is 4.31 Å². The van der Waals surface area contributed by atoms with Gasteiger partial charge < -0.3 is 5.32 Å². The van der Waals surface area contributed by atoms with Crippen LogP contribution in [-0.2, 0) is 14.8 Å². The van der Waals surface area contributed by atoms with Crippen LogP contribution in [0.3, 0.4) is 0 Å². The summed E-state index contributed by atoms with van der Waals surface area (Å²) in [6.45, 7) is 6.77.